The lowest BCUT2D eigenvalue weighted by Crippen LogP contribution is -1.98. The Balaban J connectivity index is 2.26. The minimum absolute atomic E-state index is 0.292. The summed E-state index contributed by atoms with van der Waals surface area (Å²) < 4.78 is 27.9. The van der Waals surface area contributed by atoms with Crippen LogP contribution in [0.1, 0.15) is 16.5 Å². The summed E-state index contributed by atoms with van der Waals surface area (Å²) in [5.74, 6) is 0.769. The number of alkyl halides is 1. The predicted octanol–water partition coefficient (Wildman–Crippen LogP) is 3.43. The van der Waals surface area contributed by atoms with Gasteiger partial charge in [0.1, 0.15) is 5.75 Å². The molecule has 20 heavy (non-hydrogen) atoms. The van der Waals surface area contributed by atoms with Crippen molar-refractivity contribution in [3.63, 3.8) is 0 Å². The number of ether oxygens (including phenoxy) is 1. The van der Waals surface area contributed by atoms with Crippen LogP contribution in [0.2, 0.25) is 0 Å². The van der Waals surface area contributed by atoms with Gasteiger partial charge >= 0.3 is 0 Å². The van der Waals surface area contributed by atoms with E-state index in [1.54, 1.807) is 31.4 Å². The average molecular weight is 311 g/mol. The van der Waals surface area contributed by atoms with Crippen LogP contribution in [0.3, 0.4) is 0 Å². The number of halogens is 1. The number of methoxy groups -OCH3 is 1. The standard InChI is InChI=1S/C15H15ClO3S/c1-19-13-7-3-11(4-8-13)15(16)12-5-9-14(10-6-12)20(2,17)18/h3-10,15H,1-2H3. The van der Waals surface area contributed by atoms with E-state index in [1.807, 2.05) is 24.3 Å². The second kappa shape index (κ2) is 5.85. The van der Waals surface area contributed by atoms with Crippen molar-refractivity contribution < 1.29 is 13.2 Å². The molecular weight excluding hydrogens is 296 g/mol. The second-order valence-corrected chi connectivity index (χ2v) is 6.93. The summed E-state index contributed by atoms with van der Waals surface area (Å²) >= 11 is 6.40. The molecule has 0 aliphatic carbocycles. The van der Waals surface area contributed by atoms with Gasteiger partial charge in [0.15, 0.2) is 9.84 Å². The van der Waals surface area contributed by atoms with Gasteiger partial charge in [0.25, 0.3) is 0 Å². The first-order valence-electron chi connectivity index (χ1n) is 6.00. The molecule has 0 fully saturated rings. The molecule has 0 saturated heterocycles. The maximum absolute atomic E-state index is 11.4. The molecule has 0 aromatic heterocycles. The lowest BCUT2D eigenvalue weighted by atomic mass is 10.0. The molecule has 0 saturated carbocycles. The lowest BCUT2D eigenvalue weighted by Gasteiger charge is -2.11. The zero-order chi connectivity index (χ0) is 14.8. The predicted molar refractivity (Wildman–Crippen MR) is 80.2 cm³/mol. The topological polar surface area (TPSA) is 43.4 Å². The number of benzene rings is 2. The van der Waals surface area contributed by atoms with Gasteiger partial charge in [-0.2, -0.15) is 0 Å². The number of sulfone groups is 1. The van der Waals surface area contributed by atoms with Gasteiger partial charge in [0.05, 0.1) is 17.4 Å². The Morgan fingerprint density at radius 1 is 0.950 bits per heavy atom. The summed E-state index contributed by atoms with van der Waals surface area (Å²) in [4.78, 5) is 0.292. The Hall–Kier alpha value is -1.52. The molecule has 0 spiro atoms. The largest absolute Gasteiger partial charge is 0.497 e. The van der Waals surface area contributed by atoms with Gasteiger partial charge in [-0.15, -0.1) is 11.6 Å². The highest BCUT2D eigenvalue weighted by molar-refractivity contribution is 7.90. The Morgan fingerprint density at radius 3 is 1.80 bits per heavy atom. The van der Waals surface area contributed by atoms with Crippen LogP contribution >= 0.6 is 11.6 Å². The summed E-state index contributed by atoms with van der Waals surface area (Å²) in [5.41, 5.74) is 1.78. The van der Waals surface area contributed by atoms with Gasteiger partial charge < -0.3 is 4.74 Å². The van der Waals surface area contributed by atoms with Crippen LogP contribution < -0.4 is 4.74 Å². The van der Waals surface area contributed by atoms with Crippen LogP contribution in [0.25, 0.3) is 0 Å². The van der Waals surface area contributed by atoms with Crippen molar-refractivity contribution in [1.82, 2.24) is 0 Å². The SMILES string of the molecule is COc1ccc(C(Cl)c2ccc(S(C)(=O)=O)cc2)cc1. The van der Waals surface area contributed by atoms with E-state index in [4.69, 9.17) is 16.3 Å². The third-order valence-corrected chi connectivity index (χ3v) is 4.64. The molecule has 0 heterocycles. The van der Waals surface area contributed by atoms with E-state index < -0.39 is 9.84 Å². The second-order valence-electron chi connectivity index (χ2n) is 4.48. The van der Waals surface area contributed by atoms with E-state index in [-0.39, 0.29) is 5.38 Å². The number of rotatable bonds is 4. The van der Waals surface area contributed by atoms with Gasteiger partial charge in [-0.1, -0.05) is 24.3 Å². The van der Waals surface area contributed by atoms with Crippen LogP contribution in [-0.4, -0.2) is 21.8 Å². The van der Waals surface area contributed by atoms with Crippen molar-refractivity contribution in [2.75, 3.05) is 13.4 Å². The normalized spacial score (nSPS) is 12.9. The highest BCUT2D eigenvalue weighted by Crippen LogP contribution is 2.30. The van der Waals surface area contributed by atoms with E-state index in [2.05, 4.69) is 0 Å². The maximum Gasteiger partial charge on any atom is 0.175 e. The molecule has 2 aromatic carbocycles. The van der Waals surface area contributed by atoms with E-state index in [9.17, 15) is 8.42 Å². The average Bonchev–Trinajstić information content (AvgIpc) is 2.46. The molecule has 106 valence electrons. The molecule has 3 nitrogen and oxygen atoms in total. The van der Waals surface area contributed by atoms with Crippen LogP contribution in [0.5, 0.6) is 5.75 Å². The molecule has 1 atom stereocenters. The molecule has 5 heteroatoms. The maximum atomic E-state index is 11.4. The lowest BCUT2D eigenvalue weighted by molar-refractivity contribution is 0.414. The van der Waals surface area contributed by atoms with Crippen molar-refractivity contribution in [3.8, 4) is 5.75 Å². The van der Waals surface area contributed by atoms with Gasteiger partial charge in [-0.05, 0) is 35.4 Å². The third-order valence-electron chi connectivity index (χ3n) is 3.01. The third kappa shape index (κ3) is 3.32. The van der Waals surface area contributed by atoms with Crippen molar-refractivity contribution >= 4 is 21.4 Å². The van der Waals surface area contributed by atoms with Gasteiger partial charge in [0.2, 0.25) is 0 Å². The van der Waals surface area contributed by atoms with Crippen LogP contribution in [0, 0.1) is 0 Å². The van der Waals surface area contributed by atoms with Gasteiger partial charge in [-0.25, -0.2) is 8.42 Å². The quantitative estimate of drug-likeness (QED) is 0.813. The first-order chi connectivity index (χ1) is 9.41. The fraction of sp³-hybridized carbons (Fsp3) is 0.200. The first-order valence-corrected chi connectivity index (χ1v) is 8.32. The minimum atomic E-state index is -3.18. The molecule has 0 radical (unpaired) electrons. The smallest absolute Gasteiger partial charge is 0.175 e. The molecule has 2 aromatic rings. The summed E-state index contributed by atoms with van der Waals surface area (Å²) in [6, 6.07) is 14.1. The van der Waals surface area contributed by atoms with E-state index >= 15 is 0 Å². The number of hydrogen-bond donors (Lipinski definition) is 0. The van der Waals surface area contributed by atoms with Gasteiger partial charge in [0, 0.05) is 6.26 Å². The summed E-state index contributed by atoms with van der Waals surface area (Å²) in [5, 5.41) is -0.325. The zero-order valence-electron chi connectivity index (χ0n) is 11.2. The fourth-order valence-electron chi connectivity index (χ4n) is 1.85. The molecule has 0 amide bonds. The molecule has 0 bridgehead atoms. The monoisotopic (exact) mass is 310 g/mol. The van der Waals surface area contributed by atoms with Crippen LogP contribution in [0.15, 0.2) is 53.4 Å². The first kappa shape index (κ1) is 14.9. The van der Waals surface area contributed by atoms with Crippen molar-refractivity contribution in [2.24, 2.45) is 0 Å². The summed E-state index contributed by atoms with van der Waals surface area (Å²) in [7, 11) is -1.57. The van der Waals surface area contributed by atoms with Crippen molar-refractivity contribution in [1.29, 1.82) is 0 Å². The van der Waals surface area contributed by atoms with E-state index in [0.29, 0.717) is 4.90 Å². The Bertz CT molecular complexity index is 676. The molecule has 2 rings (SSSR count). The Kier molecular flexibility index (Phi) is 4.35. The highest BCUT2D eigenvalue weighted by atomic mass is 35.5. The molecule has 1 unspecified atom stereocenters. The highest BCUT2D eigenvalue weighted by Gasteiger charge is 2.13. The molecule has 0 N–H and O–H groups in total. The Morgan fingerprint density at radius 2 is 1.40 bits per heavy atom. The van der Waals surface area contributed by atoms with Crippen LogP contribution in [0.4, 0.5) is 0 Å². The van der Waals surface area contributed by atoms with Crippen molar-refractivity contribution in [2.45, 2.75) is 10.3 Å². The Labute approximate surface area is 124 Å². The van der Waals surface area contributed by atoms with E-state index in [0.717, 1.165) is 16.9 Å². The van der Waals surface area contributed by atoms with E-state index in [1.165, 1.54) is 6.26 Å². The zero-order valence-corrected chi connectivity index (χ0v) is 12.8. The van der Waals surface area contributed by atoms with Crippen LogP contribution in [-0.2, 0) is 9.84 Å². The van der Waals surface area contributed by atoms with Gasteiger partial charge in [-0.3, -0.25) is 0 Å². The summed E-state index contributed by atoms with van der Waals surface area (Å²) in [6.07, 6.45) is 1.18. The summed E-state index contributed by atoms with van der Waals surface area (Å²) in [6.45, 7) is 0. The number of hydrogen-bond acceptors (Lipinski definition) is 3. The molecule has 0 aliphatic heterocycles. The molecular formula is C15H15ClO3S. The van der Waals surface area contributed by atoms with Crippen molar-refractivity contribution in [3.05, 3.63) is 59.7 Å². The fourth-order valence-corrected chi connectivity index (χ4v) is 2.77. The minimum Gasteiger partial charge on any atom is -0.497 e. The molecule has 0 aliphatic rings.